The number of pyridine rings is 1. The maximum Gasteiger partial charge on any atom is 0.150 e. The quantitative estimate of drug-likeness (QED) is 0.726. The highest BCUT2D eigenvalue weighted by molar-refractivity contribution is 7.13. The zero-order chi connectivity index (χ0) is 15.6. The molecule has 0 bridgehead atoms. The molecule has 0 amide bonds. The van der Waals surface area contributed by atoms with Gasteiger partial charge in [-0.2, -0.15) is 9.64 Å². The van der Waals surface area contributed by atoms with E-state index in [1.165, 1.54) is 10.1 Å². The molecule has 1 saturated heterocycles. The topological polar surface area (TPSA) is 56.1 Å². The van der Waals surface area contributed by atoms with Crippen molar-refractivity contribution in [3.63, 3.8) is 0 Å². The Morgan fingerprint density at radius 1 is 1.00 bits per heavy atom. The van der Waals surface area contributed by atoms with Crippen LogP contribution in [-0.2, 0) is 0 Å². The molecule has 0 radical (unpaired) electrons. The van der Waals surface area contributed by atoms with E-state index in [0.29, 0.717) is 5.69 Å². The molecule has 0 atom stereocenters. The van der Waals surface area contributed by atoms with Gasteiger partial charge in [-0.1, -0.05) is 12.1 Å². The number of anilines is 2. The zero-order valence-electron chi connectivity index (χ0n) is 12.5. The van der Waals surface area contributed by atoms with Crippen molar-refractivity contribution in [1.82, 2.24) is 9.36 Å². The number of rotatable bonds is 2. The summed E-state index contributed by atoms with van der Waals surface area (Å²) >= 11 is 1.56. The van der Waals surface area contributed by atoms with E-state index < -0.39 is 0 Å². The lowest BCUT2D eigenvalue weighted by Gasteiger charge is -2.36. The molecular weight excluding hydrogens is 306 g/mol. The van der Waals surface area contributed by atoms with Crippen LogP contribution in [0.5, 0.6) is 0 Å². The van der Waals surface area contributed by atoms with Crippen LogP contribution in [0.2, 0.25) is 0 Å². The summed E-state index contributed by atoms with van der Waals surface area (Å²) in [7, 11) is 0. The van der Waals surface area contributed by atoms with Crippen LogP contribution in [0.15, 0.2) is 42.6 Å². The van der Waals surface area contributed by atoms with Crippen molar-refractivity contribution in [3.05, 3.63) is 48.3 Å². The van der Waals surface area contributed by atoms with E-state index in [0.717, 1.165) is 37.7 Å². The maximum absolute atomic E-state index is 8.83. The summed E-state index contributed by atoms with van der Waals surface area (Å²) in [5, 5.41) is 10.1. The minimum Gasteiger partial charge on any atom is -0.367 e. The van der Waals surface area contributed by atoms with Crippen LogP contribution in [-0.4, -0.2) is 35.5 Å². The number of nitrogens with zero attached hydrogens (tertiary/aromatic N) is 5. The van der Waals surface area contributed by atoms with Crippen LogP contribution in [0.4, 0.5) is 11.5 Å². The first-order valence-corrected chi connectivity index (χ1v) is 8.33. The lowest BCUT2D eigenvalue weighted by atomic mass is 10.2. The minimum absolute atomic E-state index is 0.460. The molecular formula is C17H15N5S. The first-order chi connectivity index (χ1) is 11.3. The van der Waals surface area contributed by atoms with E-state index in [1.54, 1.807) is 23.8 Å². The van der Waals surface area contributed by atoms with Crippen molar-refractivity contribution in [3.8, 4) is 6.07 Å². The monoisotopic (exact) mass is 321 g/mol. The highest BCUT2D eigenvalue weighted by Crippen LogP contribution is 2.30. The predicted molar refractivity (Wildman–Crippen MR) is 93.0 cm³/mol. The summed E-state index contributed by atoms with van der Waals surface area (Å²) in [6.45, 7) is 3.74. The number of hydrogen-bond acceptors (Lipinski definition) is 6. The van der Waals surface area contributed by atoms with Crippen molar-refractivity contribution in [2.45, 2.75) is 0 Å². The standard InChI is InChI=1S/C17H15N5S/c18-11-13-5-6-14(12-19-13)21-7-9-22(10-8-21)17-15-3-1-2-4-16(15)23-20-17/h1-6,12H,7-10H2. The fraction of sp³-hybridized carbons (Fsp3) is 0.235. The van der Waals surface area contributed by atoms with Gasteiger partial charge in [-0.05, 0) is 35.8 Å². The zero-order valence-corrected chi connectivity index (χ0v) is 13.3. The van der Waals surface area contributed by atoms with Crippen molar-refractivity contribution >= 4 is 33.1 Å². The number of nitriles is 1. The van der Waals surface area contributed by atoms with Crippen molar-refractivity contribution in [2.75, 3.05) is 36.0 Å². The third kappa shape index (κ3) is 2.60. The second kappa shape index (κ2) is 5.86. The second-order valence-corrected chi connectivity index (χ2v) is 6.29. The van der Waals surface area contributed by atoms with E-state index in [-0.39, 0.29) is 0 Å². The Morgan fingerprint density at radius 2 is 1.78 bits per heavy atom. The minimum atomic E-state index is 0.460. The first kappa shape index (κ1) is 14.0. The van der Waals surface area contributed by atoms with Crippen molar-refractivity contribution < 1.29 is 0 Å². The Hall–Kier alpha value is -2.65. The van der Waals surface area contributed by atoms with Crippen LogP contribution in [0.1, 0.15) is 5.69 Å². The molecule has 0 unspecified atom stereocenters. The van der Waals surface area contributed by atoms with Gasteiger partial charge in [0.15, 0.2) is 0 Å². The molecule has 1 fully saturated rings. The lowest BCUT2D eigenvalue weighted by molar-refractivity contribution is 0.650. The van der Waals surface area contributed by atoms with Gasteiger partial charge in [-0.25, -0.2) is 4.98 Å². The first-order valence-electron chi connectivity index (χ1n) is 7.55. The normalized spacial score (nSPS) is 14.9. The SMILES string of the molecule is N#Cc1ccc(N2CCN(c3nsc4ccccc34)CC2)cn1. The Labute approximate surface area is 138 Å². The van der Waals surface area contributed by atoms with Crippen LogP contribution < -0.4 is 9.80 Å². The molecule has 2 aromatic heterocycles. The molecule has 0 N–H and O–H groups in total. The molecule has 0 spiro atoms. The summed E-state index contributed by atoms with van der Waals surface area (Å²) in [5.74, 6) is 1.10. The summed E-state index contributed by atoms with van der Waals surface area (Å²) in [4.78, 5) is 8.81. The maximum atomic E-state index is 8.83. The summed E-state index contributed by atoms with van der Waals surface area (Å²) in [6, 6.07) is 14.2. The largest absolute Gasteiger partial charge is 0.367 e. The van der Waals surface area contributed by atoms with E-state index in [1.807, 2.05) is 6.07 Å². The molecule has 114 valence electrons. The predicted octanol–water partition coefficient (Wildman–Crippen LogP) is 2.89. The average Bonchev–Trinajstić information content (AvgIpc) is 3.06. The lowest BCUT2D eigenvalue weighted by Crippen LogP contribution is -2.46. The molecule has 1 aliphatic rings. The van der Waals surface area contributed by atoms with Crippen LogP contribution in [0.25, 0.3) is 10.1 Å². The van der Waals surface area contributed by atoms with Gasteiger partial charge in [0.2, 0.25) is 0 Å². The molecule has 3 aromatic rings. The molecule has 0 aliphatic carbocycles. The third-order valence-corrected chi connectivity index (χ3v) is 4.98. The van der Waals surface area contributed by atoms with E-state index >= 15 is 0 Å². The third-order valence-electron chi connectivity index (χ3n) is 4.17. The van der Waals surface area contributed by atoms with Gasteiger partial charge in [0.25, 0.3) is 0 Å². The number of benzene rings is 1. The fourth-order valence-electron chi connectivity index (χ4n) is 2.92. The van der Waals surface area contributed by atoms with Crippen LogP contribution in [0, 0.1) is 11.3 Å². The molecule has 1 aromatic carbocycles. The Kier molecular flexibility index (Phi) is 3.56. The highest BCUT2D eigenvalue weighted by atomic mass is 32.1. The Balaban J connectivity index is 1.49. The van der Waals surface area contributed by atoms with Crippen LogP contribution in [0.3, 0.4) is 0 Å². The number of fused-ring (bicyclic) bond motifs is 1. The van der Waals surface area contributed by atoms with E-state index in [2.05, 4.69) is 49.5 Å². The van der Waals surface area contributed by atoms with Gasteiger partial charge in [-0.3, -0.25) is 0 Å². The van der Waals surface area contributed by atoms with Crippen molar-refractivity contribution in [1.29, 1.82) is 5.26 Å². The average molecular weight is 321 g/mol. The number of aromatic nitrogens is 2. The number of piperazine rings is 1. The molecule has 3 heterocycles. The smallest absolute Gasteiger partial charge is 0.150 e. The van der Waals surface area contributed by atoms with E-state index in [9.17, 15) is 0 Å². The molecule has 5 nitrogen and oxygen atoms in total. The molecule has 23 heavy (non-hydrogen) atoms. The second-order valence-electron chi connectivity index (χ2n) is 5.49. The summed E-state index contributed by atoms with van der Waals surface area (Å²) in [5.41, 5.74) is 1.54. The molecule has 1 aliphatic heterocycles. The highest BCUT2D eigenvalue weighted by Gasteiger charge is 2.21. The van der Waals surface area contributed by atoms with E-state index in [4.69, 9.17) is 5.26 Å². The molecule has 0 saturated carbocycles. The van der Waals surface area contributed by atoms with Gasteiger partial charge in [0.1, 0.15) is 17.6 Å². The van der Waals surface area contributed by atoms with Gasteiger partial charge in [0, 0.05) is 31.6 Å². The van der Waals surface area contributed by atoms with Gasteiger partial charge in [0.05, 0.1) is 16.6 Å². The van der Waals surface area contributed by atoms with Crippen molar-refractivity contribution in [2.24, 2.45) is 0 Å². The van der Waals surface area contributed by atoms with Gasteiger partial charge in [-0.15, -0.1) is 0 Å². The van der Waals surface area contributed by atoms with Gasteiger partial charge < -0.3 is 9.80 Å². The molecule has 6 heteroatoms. The number of hydrogen-bond donors (Lipinski definition) is 0. The fourth-order valence-corrected chi connectivity index (χ4v) is 3.71. The Morgan fingerprint density at radius 3 is 2.52 bits per heavy atom. The van der Waals surface area contributed by atoms with Crippen LogP contribution >= 0.6 is 11.5 Å². The summed E-state index contributed by atoms with van der Waals surface area (Å²) in [6.07, 6.45) is 1.78. The van der Waals surface area contributed by atoms with Gasteiger partial charge >= 0.3 is 0 Å². The summed E-state index contributed by atoms with van der Waals surface area (Å²) < 4.78 is 5.88. The Bertz CT molecular complexity index is 857. The molecule has 4 rings (SSSR count).